The molecule has 6 nitrogen and oxygen atoms in total. The molecule has 1 aromatic heterocycles. The molecule has 0 spiro atoms. The zero-order valence-electron chi connectivity index (χ0n) is 14.2. The van der Waals surface area contributed by atoms with Crippen LogP contribution < -0.4 is 5.73 Å². The van der Waals surface area contributed by atoms with Gasteiger partial charge in [0, 0.05) is 30.6 Å². The van der Waals surface area contributed by atoms with E-state index in [1.54, 1.807) is 25.5 Å². The molecule has 0 aromatic carbocycles. The van der Waals surface area contributed by atoms with E-state index in [4.69, 9.17) is 5.73 Å². The van der Waals surface area contributed by atoms with Crippen LogP contribution in [0.15, 0.2) is 0 Å². The molecule has 3 heterocycles. The normalized spacial score (nSPS) is 26.5. The van der Waals surface area contributed by atoms with E-state index in [9.17, 15) is 18.7 Å². The first-order valence-corrected chi connectivity index (χ1v) is 8.31. The lowest BCUT2D eigenvalue weighted by molar-refractivity contribution is -0.149. The fraction of sp³-hybridized carbons (Fsp3) is 0.750. The predicted molar refractivity (Wildman–Crippen MR) is 83.4 cm³/mol. The minimum Gasteiger partial charge on any atom is -0.390 e. The number of hydrogen-bond acceptors (Lipinski definition) is 3. The summed E-state index contributed by atoms with van der Waals surface area (Å²) in [6, 6.07) is -5.30. The summed E-state index contributed by atoms with van der Waals surface area (Å²) in [7, 11) is 0. The molecule has 134 valence electrons. The van der Waals surface area contributed by atoms with Gasteiger partial charge in [0.25, 0.3) is 0 Å². The van der Waals surface area contributed by atoms with Crippen LogP contribution in [0.2, 0.25) is 0 Å². The van der Waals surface area contributed by atoms with Crippen LogP contribution in [0.5, 0.6) is 0 Å². The van der Waals surface area contributed by atoms with Crippen LogP contribution in [0.4, 0.5) is 13.6 Å². The molecule has 8 heteroatoms. The van der Waals surface area contributed by atoms with Crippen LogP contribution in [0.1, 0.15) is 50.6 Å². The van der Waals surface area contributed by atoms with Crippen molar-refractivity contribution in [3.8, 4) is 0 Å². The fourth-order valence-electron chi connectivity index (χ4n) is 3.96. The summed E-state index contributed by atoms with van der Waals surface area (Å²) in [6.07, 6.45) is 2.13. The van der Waals surface area contributed by atoms with Crippen molar-refractivity contribution in [1.29, 1.82) is 0 Å². The fourth-order valence-corrected chi connectivity index (χ4v) is 3.96. The van der Waals surface area contributed by atoms with Crippen molar-refractivity contribution in [2.45, 2.75) is 70.7 Å². The number of carbonyl (C=O) groups is 1. The zero-order chi connectivity index (χ0) is 17.9. The Labute approximate surface area is 139 Å². The number of fused-ring (bicyclic) bond motifs is 3. The van der Waals surface area contributed by atoms with Gasteiger partial charge in [-0.05, 0) is 40.0 Å². The number of nitrogens with zero attached hydrogens (tertiary/aromatic N) is 3. The third-order valence-electron chi connectivity index (χ3n) is 5.26. The van der Waals surface area contributed by atoms with E-state index in [0.717, 1.165) is 6.42 Å². The average Bonchev–Trinajstić information content (AvgIpc) is 2.60. The summed E-state index contributed by atoms with van der Waals surface area (Å²) >= 11 is 0. The Hall–Kier alpha value is -1.70. The molecule has 0 saturated heterocycles. The van der Waals surface area contributed by atoms with E-state index < -0.39 is 23.7 Å². The van der Waals surface area contributed by atoms with Crippen molar-refractivity contribution in [2.75, 3.05) is 0 Å². The number of aromatic nitrogens is 2. The number of amides is 2. The lowest BCUT2D eigenvalue weighted by Gasteiger charge is -2.38. The van der Waals surface area contributed by atoms with E-state index in [1.807, 2.05) is 0 Å². The van der Waals surface area contributed by atoms with Crippen LogP contribution in [-0.4, -0.2) is 37.5 Å². The second-order valence-electron chi connectivity index (χ2n) is 7.50. The van der Waals surface area contributed by atoms with Crippen LogP contribution in [0, 0.1) is 5.92 Å². The van der Waals surface area contributed by atoms with Gasteiger partial charge in [-0.15, -0.1) is 0 Å². The SMILES string of the molecule is CC1Cc2nn3c(c2C(F)(F)N1C(N)=O)CCCC(C(C)(C)O)C3. The van der Waals surface area contributed by atoms with Gasteiger partial charge in [0.05, 0.1) is 16.9 Å². The average molecular weight is 342 g/mol. The summed E-state index contributed by atoms with van der Waals surface area (Å²) < 4.78 is 31.5. The zero-order valence-corrected chi connectivity index (χ0v) is 14.2. The molecular weight excluding hydrogens is 318 g/mol. The molecule has 0 fully saturated rings. The maximum Gasteiger partial charge on any atom is 0.360 e. The Bertz CT molecular complexity index is 666. The van der Waals surface area contributed by atoms with Gasteiger partial charge in [-0.1, -0.05) is 0 Å². The third kappa shape index (κ3) is 2.56. The Balaban J connectivity index is 2.07. The van der Waals surface area contributed by atoms with E-state index in [-0.39, 0.29) is 17.9 Å². The first-order chi connectivity index (χ1) is 11.0. The van der Waals surface area contributed by atoms with E-state index in [0.29, 0.717) is 35.7 Å². The maximum atomic E-state index is 15.0. The Morgan fingerprint density at radius 1 is 1.46 bits per heavy atom. The number of primary amides is 1. The highest BCUT2D eigenvalue weighted by molar-refractivity contribution is 5.74. The predicted octanol–water partition coefficient (Wildman–Crippen LogP) is 1.98. The van der Waals surface area contributed by atoms with E-state index in [2.05, 4.69) is 5.10 Å². The molecule has 0 bridgehead atoms. The van der Waals surface area contributed by atoms with E-state index >= 15 is 0 Å². The van der Waals surface area contributed by atoms with Crippen LogP contribution in [0.3, 0.4) is 0 Å². The molecule has 2 aliphatic rings. The molecule has 1 aromatic rings. The minimum atomic E-state index is -3.46. The Morgan fingerprint density at radius 2 is 2.12 bits per heavy atom. The van der Waals surface area contributed by atoms with Gasteiger partial charge in [-0.2, -0.15) is 13.9 Å². The number of nitrogens with two attached hydrogens (primary N) is 1. The molecule has 2 unspecified atom stereocenters. The Kier molecular flexibility index (Phi) is 3.86. The number of rotatable bonds is 1. The Morgan fingerprint density at radius 3 is 2.71 bits per heavy atom. The highest BCUT2D eigenvalue weighted by atomic mass is 19.3. The molecule has 3 rings (SSSR count). The molecule has 2 amide bonds. The third-order valence-corrected chi connectivity index (χ3v) is 5.26. The van der Waals surface area contributed by atoms with Gasteiger partial charge >= 0.3 is 12.1 Å². The number of urea groups is 1. The summed E-state index contributed by atoms with van der Waals surface area (Å²) in [5, 5.41) is 14.7. The monoisotopic (exact) mass is 342 g/mol. The highest BCUT2D eigenvalue weighted by Gasteiger charge is 2.52. The smallest absolute Gasteiger partial charge is 0.360 e. The van der Waals surface area contributed by atoms with Gasteiger partial charge in [0.2, 0.25) is 0 Å². The van der Waals surface area contributed by atoms with Gasteiger partial charge in [-0.25, -0.2) is 4.79 Å². The number of carbonyl (C=O) groups excluding carboxylic acids is 1. The summed E-state index contributed by atoms with van der Waals surface area (Å²) in [6.45, 7) is 5.41. The van der Waals surface area contributed by atoms with Crippen molar-refractivity contribution >= 4 is 6.03 Å². The van der Waals surface area contributed by atoms with Gasteiger partial charge in [0.1, 0.15) is 0 Å². The molecule has 0 saturated carbocycles. The first kappa shape index (κ1) is 17.1. The van der Waals surface area contributed by atoms with Crippen LogP contribution in [0.25, 0.3) is 0 Å². The van der Waals surface area contributed by atoms with Crippen molar-refractivity contribution in [3.63, 3.8) is 0 Å². The molecule has 3 N–H and O–H groups in total. The summed E-state index contributed by atoms with van der Waals surface area (Å²) in [5.74, 6) is -0.0570. The minimum absolute atomic E-state index is 0.0570. The maximum absolute atomic E-state index is 15.0. The molecule has 2 aliphatic heterocycles. The number of halogens is 2. The number of aliphatic hydroxyl groups is 1. The lowest BCUT2D eigenvalue weighted by atomic mass is 9.87. The molecule has 24 heavy (non-hydrogen) atoms. The lowest BCUT2D eigenvalue weighted by Crippen LogP contribution is -2.55. The van der Waals surface area contributed by atoms with Crippen molar-refractivity contribution < 1.29 is 18.7 Å². The molecule has 2 atom stereocenters. The van der Waals surface area contributed by atoms with Crippen LogP contribution in [-0.2, 0) is 25.4 Å². The number of alkyl halides is 2. The molecule has 0 radical (unpaired) electrons. The second-order valence-corrected chi connectivity index (χ2v) is 7.50. The first-order valence-electron chi connectivity index (χ1n) is 8.31. The van der Waals surface area contributed by atoms with Gasteiger partial charge in [-0.3, -0.25) is 9.58 Å². The highest BCUT2D eigenvalue weighted by Crippen LogP contribution is 2.44. The summed E-state index contributed by atoms with van der Waals surface area (Å²) in [4.78, 5) is 12.0. The molecule has 0 aliphatic carbocycles. The van der Waals surface area contributed by atoms with Crippen LogP contribution >= 0.6 is 0 Å². The van der Waals surface area contributed by atoms with Crippen molar-refractivity contribution in [3.05, 3.63) is 17.0 Å². The standard InChI is InChI=1S/C16H24F2N4O2/c1-9-7-11-13(16(17,18)22(9)14(19)23)12-6-4-5-10(15(2,3)24)8-21(12)20-11/h9-10,24H,4-8H2,1-3H3,(H2,19,23). The largest absolute Gasteiger partial charge is 0.390 e. The van der Waals surface area contributed by atoms with Gasteiger partial charge < -0.3 is 10.8 Å². The number of hydrogen-bond donors (Lipinski definition) is 2. The molecular formula is C16H24F2N4O2. The quantitative estimate of drug-likeness (QED) is 0.766. The van der Waals surface area contributed by atoms with Crippen molar-refractivity contribution in [2.24, 2.45) is 11.7 Å². The topological polar surface area (TPSA) is 84.4 Å². The second kappa shape index (κ2) is 5.40. The van der Waals surface area contributed by atoms with Crippen molar-refractivity contribution in [1.82, 2.24) is 14.7 Å². The summed E-state index contributed by atoms with van der Waals surface area (Å²) in [5.41, 5.74) is 4.91. The van der Waals surface area contributed by atoms with Gasteiger partial charge in [0.15, 0.2) is 0 Å². The van der Waals surface area contributed by atoms with E-state index in [1.165, 1.54) is 0 Å².